The fraction of sp³-hybridized carbons (Fsp3) is 0.250. The molecule has 1 atom stereocenters. The zero-order valence-electron chi connectivity index (χ0n) is 6.23. The lowest BCUT2D eigenvalue weighted by Crippen LogP contribution is -2.12. The minimum absolute atomic E-state index is 0.196. The number of carbonyl (C=O) groups is 1. The van der Waals surface area contributed by atoms with Gasteiger partial charge in [-0.25, -0.2) is 4.98 Å². The third-order valence-electron chi connectivity index (χ3n) is 1.86. The molecule has 0 aliphatic carbocycles. The van der Waals surface area contributed by atoms with E-state index in [1.165, 1.54) is 0 Å². The molecule has 0 spiro atoms. The lowest BCUT2D eigenvalue weighted by atomic mass is 10.0. The number of rotatable bonds is 1. The summed E-state index contributed by atoms with van der Waals surface area (Å²) in [5.74, 6) is -0.958. The number of aromatic nitrogens is 1. The lowest BCUT2D eigenvalue weighted by Gasteiger charge is -1.99. The number of hydrogen-bond acceptors (Lipinski definition) is 3. The summed E-state index contributed by atoms with van der Waals surface area (Å²) < 4.78 is 5.08. The number of nitrogens with zero attached hydrogens (tertiary/aromatic N) is 1. The first-order valence-electron chi connectivity index (χ1n) is 3.59. The summed E-state index contributed by atoms with van der Waals surface area (Å²) in [6, 6.07) is 3.44. The average Bonchev–Trinajstić information content (AvgIpc) is 2.47. The van der Waals surface area contributed by atoms with Gasteiger partial charge in [-0.2, -0.15) is 0 Å². The second kappa shape index (κ2) is 2.48. The van der Waals surface area contributed by atoms with Gasteiger partial charge < -0.3 is 9.84 Å². The first kappa shape index (κ1) is 7.09. The van der Waals surface area contributed by atoms with Crippen LogP contribution in [0.15, 0.2) is 18.3 Å². The molecule has 12 heavy (non-hydrogen) atoms. The van der Waals surface area contributed by atoms with Crippen molar-refractivity contribution in [1.29, 1.82) is 0 Å². The van der Waals surface area contributed by atoms with Crippen LogP contribution in [0, 0.1) is 0 Å². The van der Waals surface area contributed by atoms with E-state index in [9.17, 15) is 4.79 Å². The van der Waals surface area contributed by atoms with E-state index in [2.05, 4.69) is 4.98 Å². The highest BCUT2D eigenvalue weighted by Crippen LogP contribution is 2.31. The van der Waals surface area contributed by atoms with Gasteiger partial charge in [0, 0.05) is 11.8 Å². The highest BCUT2D eigenvalue weighted by Gasteiger charge is 2.30. The second-order valence-electron chi connectivity index (χ2n) is 2.60. The zero-order valence-corrected chi connectivity index (χ0v) is 6.23. The number of carboxylic acid groups (broad SMARTS) is 1. The number of pyridine rings is 1. The van der Waals surface area contributed by atoms with Crippen LogP contribution >= 0.6 is 0 Å². The highest BCUT2D eigenvalue weighted by molar-refractivity contribution is 5.78. The predicted molar refractivity (Wildman–Crippen MR) is 40.1 cm³/mol. The average molecular weight is 165 g/mol. The quantitative estimate of drug-likeness (QED) is 0.663. The molecule has 2 rings (SSSR count). The van der Waals surface area contributed by atoms with Crippen molar-refractivity contribution in [3.05, 3.63) is 23.9 Å². The Labute approximate surface area is 68.8 Å². The Balaban J connectivity index is 2.42. The predicted octanol–water partition coefficient (Wildman–Crippen LogP) is 0.642. The third kappa shape index (κ3) is 0.922. The molecule has 1 aliphatic rings. The van der Waals surface area contributed by atoms with Crippen LogP contribution in [-0.4, -0.2) is 22.7 Å². The molecular formula is C8H7NO3. The first-order chi connectivity index (χ1) is 5.79. The van der Waals surface area contributed by atoms with E-state index in [1.54, 1.807) is 18.3 Å². The van der Waals surface area contributed by atoms with Gasteiger partial charge in [0.15, 0.2) is 0 Å². The van der Waals surface area contributed by atoms with E-state index in [4.69, 9.17) is 9.84 Å². The van der Waals surface area contributed by atoms with Crippen molar-refractivity contribution in [3.63, 3.8) is 0 Å². The van der Waals surface area contributed by atoms with Crippen LogP contribution in [0.4, 0.5) is 0 Å². The molecule has 1 aliphatic heterocycles. The largest absolute Gasteiger partial charge is 0.481 e. The topological polar surface area (TPSA) is 59.4 Å². The number of hydrogen-bond donors (Lipinski definition) is 1. The normalized spacial score (nSPS) is 19.8. The Morgan fingerprint density at radius 1 is 1.75 bits per heavy atom. The van der Waals surface area contributed by atoms with Crippen LogP contribution < -0.4 is 4.74 Å². The van der Waals surface area contributed by atoms with Crippen LogP contribution in [0.5, 0.6) is 5.88 Å². The molecule has 1 aromatic rings. The molecule has 0 amide bonds. The van der Waals surface area contributed by atoms with Crippen LogP contribution in [-0.2, 0) is 4.79 Å². The lowest BCUT2D eigenvalue weighted by molar-refractivity contribution is -0.138. The number of carboxylic acids is 1. The summed E-state index contributed by atoms with van der Waals surface area (Å²) in [4.78, 5) is 14.6. The van der Waals surface area contributed by atoms with E-state index >= 15 is 0 Å². The summed E-state index contributed by atoms with van der Waals surface area (Å²) in [6.07, 6.45) is 1.59. The molecule has 0 bridgehead atoms. The molecule has 0 saturated carbocycles. The van der Waals surface area contributed by atoms with Gasteiger partial charge in [-0.3, -0.25) is 4.79 Å². The minimum Gasteiger partial charge on any atom is -0.481 e. The van der Waals surface area contributed by atoms with Gasteiger partial charge in [0.1, 0.15) is 12.5 Å². The number of aliphatic carboxylic acids is 1. The van der Waals surface area contributed by atoms with Gasteiger partial charge >= 0.3 is 5.97 Å². The van der Waals surface area contributed by atoms with Gasteiger partial charge in [0.2, 0.25) is 5.88 Å². The van der Waals surface area contributed by atoms with Crippen molar-refractivity contribution < 1.29 is 14.6 Å². The summed E-state index contributed by atoms with van der Waals surface area (Å²) in [6.45, 7) is 0.196. The van der Waals surface area contributed by atoms with Crippen LogP contribution in [0.3, 0.4) is 0 Å². The third-order valence-corrected chi connectivity index (χ3v) is 1.86. The summed E-state index contributed by atoms with van der Waals surface area (Å²) in [7, 11) is 0. The highest BCUT2D eigenvalue weighted by atomic mass is 16.5. The summed E-state index contributed by atoms with van der Waals surface area (Å²) in [5.41, 5.74) is 0.671. The van der Waals surface area contributed by atoms with Crippen LogP contribution in [0.1, 0.15) is 11.5 Å². The van der Waals surface area contributed by atoms with E-state index in [1.807, 2.05) is 0 Å². The molecule has 1 N–H and O–H groups in total. The smallest absolute Gasteiger partial charge is 0.314 e. The number of fused-ring (bicyclic) bond motifs is 1. The van der Waals surface area contributed by atoms with E-state index in [-0.39, 0.29) is 6.61 Å². The van der Waals surface area contributed by atoms with Crippen molar-refractivity contribution in [1.82, 2.24) is 4.98 Å². The molecule has 4 nitrogen and oxygen atoms in total. The Bertz CT molecular complexity index is 324. The van der Waals surface area contributed by atoms with E-state index in [0.29, 0.717) is 11.4 Å². The van der Waals surface area contributed by atoms with Gasteiger partial charge in [-0.1, -0.05) is 6.07 Å². The maximum Gasteiger partial charge on any atom is 0.314 e. The Hall–Kier alpha value is -1.58. The fourth-order valence-electron chi connectivity index (χ4n) is 1.25. The molecule has 62 valence electrons. The van der Waals surface area contributed by atoms with E-state index in [0.717, 1.165) is 0 Å². The van der Waals surface area contributed by atoms with E-state index < -0.39 is 11.9 Å². The van der Waals surface area contributed by atoms with Crippen molar-refractivity contribution in [3.8, 4) is 5.88 Å². The summed E-state index contributed by atoms with van der Waals surface area (Å²) >= 11 is 0. The first-order valence-corrected chi connectivity index (χ1v) is 3.59. The van der Waals surface area contributed by atoms with Crippen LogP contribution in [0.2, 0.25) is 0 Å². The molecule has 0 radical (unpaired) electrons. The molecule has 0 fully saturated rings. The molecule has 2 heterocycles. The SMILES string of the molecule is O=C(O)C1COc2ncccc21. The number of ether oxygens (including phenoxy) is 1. The fourth-order valence-corrected chi connectivity index (χ4v) is 1.25. The van der Waals surface area contributed by atoms with Crippen molar-refractivity contribution in [2.75, 3.05) is 6.61 Å². The van der Waals surface area contributed by atoms with Gasteiger partial charge in [0.05, 0.1) is 0 Å². The Morgan fingerprint density at radius 3 is 3.33 bits per heavy atom. The minimum atomic E-state index is -0.859. The van der Waals surface area contributed by atoms with Gasteiger partial charge in [-0.15, -0.1) is 0 Å². The monoisotopic (exact) mass is 165 g/mol. The maximum absolute atomic E-state index is 10.7. The van der Waals surface area contributed by atoms with Crippen molar-refractivity contribution >= 4 is 5.97 Å². The molecule has 1 unspecified atom stereocenters. The van der Waals surface area contributed by atoms with Gasteiger partial charge in [-0.05, 0) is 6.07 Å². The molecule has 0 aromatic carbocycles. The van der Waals surface area contributed by atoms with Crippen LogP contribution in [0.25, 0.3) is 0 Å². The van der Waals surface area contributed by atoms with Gasteiger partial charge in [0.25, 0.3) is 0 Å². The molecular weight excluding hydrogens is 158 g/mol. The molecule has 4 heteroatoms. The summed E-state index contributed by atoms with van der Waals surface area (Å²) in [5, 5.41) is 8.75. The van der Waals surface area contributed by atoms with Crippen molar-refractivity contribution in [2.45, 2.75) is 5.92 Å². The Morgan fingerprint density at radius 2 is 2.58 bits per heavy atom. The molecule has 1 aromatic heterocycles. The Kier molecular flexibility index (Phi) is 1.46. The maximum atomic E-state index is 10.7. The molecule has 0 saturated heterocycles. The van der Waals surface area contributed by atoms with Crippen molar-refractivity contribution in [2.24, 2.45) is 0 Å². The zero-order chi connectivity index (χ0) is 8.55. The second-order valence-corrected chi connectivity index (χ2v) is 2.60. The standard InChI is InChI=1S/C8H7NO3/c10-8(11)6-4-12-7-5(6)2-1-3-9-7/h1-3,6H,4H2,(H,10,11).